The number of likely N-dealkylation sites (tertiary alicyclic amines) is 1. The molecule has 3 rings (SSSR count). The number of carbonyl (C=O) groups excluding carboxylic acids is 1. The van der Waals surface area contributed by atoms with Crippen LogP contribution in [0.5, 0.6) is 0 Å². The molecule has 1 heterocycles. The van der Waals surface area contributed by atoms with E-state index >= 15 is 0 Å². The van der Waals surface area contributed by atoms with Gasteiger partial charge in [-0.1, -0.05) is 61.1 Å². The van der Waals surface area contributed by atoms with Crippen LogP contribution in [-0.4, -0.2) is 33.1 Å². The Morgan fingerprint density at radius 1 is 1.29 bits per heavy atom. The van der Waals surface area contributed by atoms with Crippen LogP contribution in [0.1, 0.15) is 95.2 Å². The Morgan fingerprint density at radius 3 is 2.46 bits per heavy atom. The molecule has 1 atom stereocenters. The van der Waals surface area contributed by atoms with Crippen LogP contribution in [0.2, 0.25) is 0 Å². The predicted octanol–water partition coefficient (Wildman–Crippen LogP) is 6.82. The molecule has 2 aliphatic rings. The highest BCUT2D eigenvalue weighted by atomic mass is 127. The molecule has 0 bridgehead atoms. The first-order valence-electron chi connectivity index (χ1n) is 10.9. The van der Waals surface area contributed by atoms with E-state index in [1.165, 1.54) is 25.7 Å². The number of rotatable bonds is 5. The van der Waals surface area contributed by atoms with Crippen LogP contribution in [0, 0.1) is 0 Å². The molecule has 3 nitrogen and oxygen atoms in total. The molecule has 1 saturated heterocycles. The summed E-state index contributed by atoms with van der Waals surface area (Å²) < 4.78 is 5.78. The zero-order chi connectivity index (χ0) is 20.5. The summed E-state index contributed by atoms with van der Waals surface area (Å²) in [5.74, 6) is 1.28. The van der Waals surface area contributed by atoms with Gasteiger partial charge in [0.25, 0.3) is 0 Å². The number of nitrogens with zero attached hydrogens (tertiary/aromatic N) is 1. The number of alkyl halides is 1. The van der Waals surface area contributed by atoms with Crippen molar-refractivity contribution in [1.29, 1.82) is 0 Å². The van der Waals surface area contributed by atoms with Crippen LogP contribution >= 0.6 is 22.6 Å². The van der Waals surface area contributed by atoms with Crippen LogP contribution in [0.25, 0.3) is 0 Å². The zero-order valence-corrected chi connectivity index (χ0v) is 20.3. The molecule has 156 valence electrons. The Kier molecular flexibility index (Phi) is 6.68. The average molecular weight is 497 g/mol. The quantitative estimate of drug-likeness (QED) is 0.330. The average Bonchev–Trinajstić information content (AvgIpc) is 3.45. The van der Waals surface area contributed by atoms with Crippen molar-refractivity contribution < 1.29 is 9.53 Å². The first-order valence-corrected chi connectivity index (χ1v) is 12.0. The van der Waals surface area contributed by atoms with Gasteiger partial charge in [-0.3, -0.25) is 0 Å². The van der Waals surface area contributed by atoms with Crippen LogP contribution in [-0.2, 0) is 11.2 Å². The predicted molar refractivity (Wildman–Crippen MR) is 125 cm³/mol. The summed E-state index contributed by atoms with van der Waals surface area (Å²) in [5.41, 5.74) is 4.36. The fourth-order valence-electron chi connectivity index (χ4n) is 4.47. The molecular formula is C24H36INO2. The maximum atomic E-state index is 12.4. The second-order valence-corrected chi connectivity index (χ2v) is 11.8. The van der Waals surface area contributed by atoms with Gasteiger partial charge in [-0.2, -0.15) is 0 Å². The second kappa shape index (κ2) is 8.53. The van der Waals surface area contributed by atoms with Crippen molar-refractivity contribution >= 4 is 28.7 Å². The summed E-state index contributed by atoms with van der Waals surface area (Å²) in [5, 5.41) is 0. The van der Waals surface area contributed by atoms with Crippen molar-refractivity contribution in [3.8, 4) is 0 Å². The Balaban J connectivity index is 1.74. The number of carbonyl (C=O) groups is 1. The molecule has 1 saturated carbocycles. The molecule has 1 aromatic carbocycles. The molecule has 1 unspecified atom stereocenters. The minimum atomic E-state index is -0.428. The van der Waals surface area contributed by atoms with Gasteiger partial charge in [0.15, 0.2) is 0 Å². The van der Waals surface area contributed by atoms with Gasteiger partial charge >= 0.3 is 6.09 Å². The van der Waals surface area contributed by atoms with Crippen molar-refractivity contribution in [1.82, 2.24) is 4.90 Å². The van der Waals surface area contributed by atoms with Crippen molar-refractivity contribution in [2.45, 2.75) is 94.0 Å². The third kappa shape index (κ3) is 5.03. The maximum Gasteiger partial charge on any atom is 0.410 e. The molecule has 0 N–H and O–H groups in total. The monoisotopic (exact) mass is 497 g/mol. The Morgan fingerprint density at radius 2 is 1.93 bits per heavy atom. The molecule has 0 radical (unpaired) electrons. The van der Waals surface area contributed by atoms with Gasteiger partial charge in [-0.15, -0.1) is 0 Å². The lowest BCUT2D eigenvalue weighted by Crippen LogP contribution is -2.47. The number of amides is 1. The Bertz CT molecular complexity index is 697. The molecule has 28 heavy (non-hydrogen) atoms. The van der Waals surface area contributed by atoms with Gasteiger partial charge in [0, 0.05) is 16.5 Å². The van der Waals surface area contributed by atoms with E-state index in [1.54, 1.807) is 16.7 Å². The minimum absolute atomic E-state index is 0.165. The van der Waals surface area contributed by atoms with E-state index in [2.05, 4.69) is 54.6 Å². The third-order valence-corrected chi connectivity index (χ3v) is 8.24. The lowest BCUT2D eigenvalue weighted by atomic mass is 9.77. The number of piperidine rings is 1. The van der Waals surface area contributed by atoms with Gasteiger partial charge < -0.3 is 9.64 Å². The number of hydrogen-bond acceptors (Lipinski definition) is 2. The number of hydrogen-bond donors (Lipinski definition) is 0. The summed E-state index contributed by atoms with van der Waals surface area (Å²) in [4.78, 5) is 14.3. The number of benzene rings is 1. The lowest BCUT2D eigenvalue weighted by Gasteiger charge is -2.42. The number of halogens is 1. The molecule has 1 aromatic rings. The van der Waals surface area contributed by atoms with Gasteiger partial charge in [-0.25, -0.2) is 4.79 Å². The molecular weight excluding hydrogens is 461 g/mol. The van der Waals surface area contributed by atoms with E-state index in [0.29, 0.717) is 5.92 Å². The van der Waals surface area contributed by atoms with E-state index in [1.807, 2.05) is 25.7 Å². The van der Waals surface area contributed by atoms with Crippen LogP contribution in [0.3, 0.4) is 0 Å². The highest BCUT2D eigenvalue weighted by molar-refractivity contribution is 14.1. The normalized spacial score (nSPS) is 20.7. The fraction of sp³-hybridized carbons (Fsp3) is 0.708. The summed E-state index contributed by atoms with van der Waals surface area (Å²) in [6, 6.07) is 6.98. The standard InChI is InChI=1S/C24H36INO2/c1-6-8-18-9-7-10-20(21(18)19-11-12-19)17(2)24(25)13-15-26(16-14-24)22(27)28-23(3,4)5/h7,9-10,17,19H,6,8,11-16H2,1-5H3. The molecule has 1 aliphatic heterocycles. The van der Waals surface area contributed by atoms with E-state index in [-0.39, 0.29) is 9.51 Å². The van der Waals surface area contributed by atoms with Gasteiger partial charge in [0.05, 0.1) is 0 Å². The number of ether oxygens (including phenoxy) is 1. The van der Waals surface area contributed by atoms with Gasteiger partial charge in [0.1, 0.15) is 5.60 Å². The molecule has 1 aliphatic carbocycles. The summed E-state index contributed by atoms with van der Waals surface area (Å²) in [6.45, 7) is 12.1. The Labute approximate surface area is 184 Å². The summed E-state index contributed by atoms with van der Waals surface area (Å²) >= 11 is 2.70. The van der Waals surface area contributed by atoms with E-state index < -0.39 is 5.60 Å². The largest absolute Gasteiger partial charge is 0.444 e. The van der Waals surface area contributed by atoms with Crippen molar-refractivity contribution in [3.63, 3.8) is 0 Å². The van der Waals surface area contributed by atoms with Crippen LogP contribution in [0.15, 0.2) is 18.2 Å². The highest BCUT2D eigenvalue weighted by Gasteiger charge is 2.41. The number of aryl methyl sites for hydroxylation is 1. The van der Waals surface area contributed by atoms with Crippen LogP contribution < -0.4 is 0 Å². The van der Waals surface area contributed by atoms with Crippen LogP contribution in [0.4, 0.5) is 4.79 Å². The molecule has 0 aromatic heterocycles. The highest BCUT2D eigenvalue weighted by Crippen LogP contribution is 2.50. The lowest BCUT2D eigenvalue weighted by molar-refractivity contribution is 0.0196. The smallest absolute Gasteiger partial charge is 0.410 e. The topological polar surface area (TPSA) is 29.5 Å². The first-order chi connectivity index (χ1) is 13.1. The van der Waals surface area contributed by atoms with E-state index in [4.69, 9.17) is 4.74 Å². The SMILES string of the molecule is CCCc1cccc(C(C)C2(I)CCN(C(=O)OC(C)(C)C)CC2)c1C1CC1. The van der Waals surface area contributed by atoms with Crippen molar-refractivity contribution in [2.24, 2.45) is 0 Å². The molecule has 4 heteroatoms. The van der Waals surface area contributed by atoms with Crippen molar-refractivity contribution in [3.05, 3.63) is 34.9 Å². The zero-order valence-electron chi connectivity index (χ0n) is 18.2. The van der Waals surface area contributed by atoms with Gasteiger partial charge in [0.2, 0.25) is 0 Å². The van der Waals surface area contributed by atoms with E-state index in [0.717, 1.165) is 31.8 Å². The van der Waals surface area contributed by atoms with Crippen molar-refractivity contribution in [2.75, 3.05) is 13.1 Å². The first kappa shape index (κ1) is 21.9. The second-order valence-electron chi connectivity index (χ2n) is 9.67. The molecule has 1 amide bonds. The fourth-order valence-corrected chi connectivity index (χ4v) is 5.28. The summed E-state index contributed by atoms with van der Waals surface area (Å²) in [7, 11) is 0. The minimum Gasteiger partial charge on any atom is -0.444 e. The third-order valence-electron chi connectivity index (χ3n) is 6.22. The van der Waals surface area contributed by atoms with E-state index in [9.17, 15) is 4.79 Å². The maximum absolute atomic E-state index is 12.4. The van der Waals surface area contributed by atoms with Gasteiger partial charge in [-0.05, 0) is 81.4 Å². The molecule has 2 fully saturated rings. The Hall–Kier alpha value is -0.780. The summed E-state index contributed by atoms with van der Waals surface area (Å²) in [6.07, 6.45) is 6.97. The molecule has 0 spiro atoms.